The van der Waals surface area contributed by atoms with E-state index in [1.165, 1.54) is 0 Å². The smallest absolute Gasteiger partial charge is 0.266 e. The van der Waals surface area contributed by atoms with E-state index in [0.29, 0.717) is 24.7 Å². The Kier molecular flexibility index (Phi) is 2.32. The lowest BCUT2D eigenvalue weighted by atomic mass is 10.3. The minimum Gasteiger partial charge on any atom is -0.480 e. The highest BCUT2D eigenvalue weighted by molar-refractivity contribution is 5.96. The van der Waals surface area contributed by atoms with Crippen LogP contribution in [0, 0.1) is 0 Å². The number of fused-ring (bicyclic) bond motifs is 1. The molecule has 0 spiro atoms. The van der Waals surface area contributed by atoms with Crippen LogP contribution in [0.3, 0.4) is 0 Å². The third-order valence-corrected chi connectivity index (χ3v) is 2.01. The van der Waals surface area contributed by atoms with Crippen molar-refractivity contribution in [3.63, 3.8) is 0 Å². The number of nitrogens with zero attached hydrogens (tertiary/aromatic N) is 2. The summed E-state index contributed by atoms with van der Waals surface area (Å²) >= 11 is 0. The maximum absolute atomic E-state index is 11.5. The Morgan fingerprint density at radius 3 is 3.29 bits per heavy atom. The van der Waals surface area contributed by atoms with E-state index in [4.69, 9.17) is 10.5 Å². The molecular weight excluding hydrogens is 182 g/mol. The number of aromatic nitrogens is 1. The summed E-state index contributed by atoms with van der Waals surface area (Å²) in [5.74, 6) is 1.11. The standard InChI is InChI=1S/C9H11N3O2/c10-3-5-12-8(13)6-14-7-2-1-4-11-9(7)12/h1-2,4H,3,5-6,10H2. The molecule has 1 aliphatic heterocycles. The van der Waals surface area contributed by atoms with E-state index in [-0.39, 0.29) is 12.5 Å². The highest BCUT2D eigenvalue weighted by Crippen LogP contribution is 2.28. The van der Waals surface area contributed by atoms with Crippen LogP contribution in [0.15, 0.2) is 18.3 Å². The highest BCUT2D eigenvalue weighted by Gasteiger charge is 2.25. The molecule has 0 saturated heterocycles. The van der Waals surface area contributed by atoms with E-state index >= 15 is 0 Å². The third-order valence-electron chi connectivity index (χ3n) is 2.01. The Morgan fingerprint density at radius 1 is 1.64 bits per heavy atom. The van der Waals surface area contributed by atoms with Gasteiger partial charge in [0.25, 0.3) is 5.91 Å². The minimum atomic E-state index is -0.0957. The van der Waals surface area contributed by atoms with Crippen LogP contribution in [0.4, 0.5) is 5.82 Å². The van der Waals surface area contributed by atoms with Gasteiger partial charge in [-0.05, 0) is 12.1 Å². The average Bonchev–Trinajstić information content (AvgIpc) is 2.23. The van der Waals surface area contributed by atoms with E-state index in [2.05, 4.69) is 4.98 Å². The van der Waals surface area contributed by atoms with Crippen LogP contribution in [0.5, 0.6) is 5.75 Å². The van der Waals surface area contributed by atoms with Crippen LogP contribution in [-0.4, -0.2) is 30.6 Å². The second kappa shape index (κ2) is 3.63. The minimum absolute atomic E-state index is 0.0681. The molecule has 14 heavy (non-hydrogen) atoms. The predicted molar refractivity (Wildman–Crippen MR) is 51.1 cm³/mol. The molecule has 1 aromatic heterocycles. The summed E-state index contributed by atoms with van der Waals surface area (Å²) < 4.78 is 5.22. The van der Waals surface area contributed by atoms with Gasteiger partial charge in [0, 0.05) is 19.3 Å². The Morgan fingerprint density at radius 2 is 2.50 bits per heavy atom. The molecule has 5 heteroatoms. The molecule has 0 aromatic carbocycles. The molecule has 74 valence electrons. The highest BCUT2D eigenvalue weighted by atomic mass is 16.5. The summed E-state index contributed by atoms with van der Waals surface area (Å²) in [5.41, 5.74) is 5.42. The Labute approximate surface area is 81.5 Å². The summed E-state index contributed by atoms with van der Waals surface area (Å²) in [4.78, 5) is 17.1. The summed E-state index contributed by atoms with van der Waals surface area (Å²) in [7, 11) is 0. The van der Waals surface area contributed by atoms with E-state index in [9.17, 15) is 4.79 Å². The van der Waals surface area contributed by atoms with Crippen LogP contribution >= 0.6 is 0 Å². The predicted octanol–water partition coefficient (Wildman–Crippen LogP) is -0.234. The molecular formula is C9H11N3O2. The first-order valence-corrected chi connectivity index (χ1v) is 4.41. The van der Waals surface area contributed by atoms with Crippen molar-refractivity contribution in [3.8, 4) is 5.75 Å². The van der Waals surface area contributed by atoms with Gasteiger partial charge in [-0.2, -0.15) is 0 Å². The Balaban J connectivity index is 2.36. The van der Waals surface area contributed by atoms with Gasteiger partial charge < -0.3 is 10.5 Å². The molecule has 1 aliphatic rings. The molecule has 0 radical (unpaired) electrons. The normalized spacial score (nSPS) is 14.9. The van der Waals surface area contributed by atoms with Crippen LogP contribution in [0.1, 0.15) is 0 Å². The number of carbonyl (C=O) groups is 1. The Bertz CT molecular complexity index is 354. The molecule has 0 bridgehead atoms. The van der Waals surface area contributed by atoms with E-state index in [1.807, 2.05) is 0 Å². The van der Waals surface area contributed by atoms with Crippen molar-refractivity contribution in [3.05, 3.63) is 18.3 Å². The molecule has 0 saturated carbocycles. The van der Waals surface area contributed by atoms with Gasteiger partial charge in [0.15, 0.2) is 18.2 Å². The first-order chi connectivity index (χ1) is 6.83. The van der Waals surface area contributed by atoms with E-state index in [1.54, 1.807) is 23.2 Å². The largest absolute Gasteiger partial charge is 0.480 e. The van der Waals surface area contributed by atoms with Crippen LogP contribution < -0.4 is 15.4 Å². The van der Waals surface area contributed by atoms with Gasteiger partial charge in [-0.25, -0.2) is 4.98 Å². The molecule has 2 rings (SSSR count). The molecule has 0 atom stereocenters. The number of nitrogens with two attached hydrogens (primary N) is 1. The van der Waals surface area contributed by atoms with Crippen LogP contribution in [0.25, 0.3) is 0 Å². The molecule has 1 aromatic rings. The second-order valence-electron chi connectivity index (χ2n) is 2.95. The topological polar surface area (TPSA) is 68.5 Å². The van der Waals surface area contributed by atoms with Gasteiger partial charge >= 0.3 is 0 Å². The summed E-state index contributed by atoms with van der Waals surface area (Å²) in [5, 5.41) is 0. The third kappa shape index (κ3) is 1.42. The molecule has 5 nitrogen and oxygen atoms in total. The maximum atomic E-state index is 11.5. The van der Waals surface area contributed by atoms with Crippen molar-refractivity contribution in [2.24, 2.45) is 5.73 Å². The number of pyridine rings is 1. The zero-order chi connectivity index (χ0) is 9.97. The number of ether oxygens (including phenoxy) is 1. The SMILES string of the molecule is NCCN1C(=O)COc2cccnc21. The van der Waals surface area contributed by atoms with Crippen molar-refractivity contribution in [1.29, 1.82) is 0 Å². The lowest BCUT2D eigenvalue weighted by Gasteiger charge is -2.27. The lowest BCUT2D eigenvalue weighted by molar-refractivity contribution is -0.121. The lowest BCUT2D eigenvalue weighted by Crippen LogP contribution is -2.42. The monoisotopic (exact) mass is 193 g/mol. The summed E-state index contributed by atoms with van der Waals surface area (Å²) in [6, 6.07) is 3.56. The number of rotatable bonds is 2. The van der Waals surface area contributed by atoms with E-state index < -0.39 is 0 Å². The number of anilines is 1. The first kappa shape index (κ1) is 8.96. The van der Waals surface area contributed by atoms with Gasteiger partial charge in [0.2, 0.25) is 0 Å². The fourth-order valence-corrected chi connectivity index (χ4v) is 1.39. The van der Waals surface area contributed by atoms with Crippen LogP contribution in [-0.2, 0) is 4.79 Å². The van der Waals surface area contributed by atoms with Crippen molar-refractivity contribution < 1.29 is 9.53 Å². The summed E-state index contributed by atoms with van der Waals surface area (Å²) in [6.45, 7) is 0.965. The van der Waals surface area contributed by atoms with Gasteiger partial charge in [0.1, 0.15) is 0 Å². The molecule has 1 amide bonds. The molecule has 0 fully saturated rings. The average molecular weight is 193 g/mol. The van der Waals surface area contributed by atoms with Gasteiger partial charge in [-0.3, -0.25) is 9.69 Å². The van der Waals surface area contributed by atoms with E-state index in [0.717, 1.165) is 0 Å². The fourth-order valence-electron chi connectivity index (χ4n) is 1.39. The van der Waals surface area contributed by atoms with Gasteiger partial charge in [0.05, 0.1) is 0 Å². The number of amides is 1. The molecule has 2 heterocycles. The zero-order valence-corrected chi connectivity index (χ0v) is 7.64. The molecule has 2 N–H and O–H groups in total. The molecule has 0 aliphatic carbocycles. The second-order valence-corrected chi connectivity index (χ2v) is 2.95. The van der Waals surface area contributed by atoms with Crippen LogP contribution in [0.2, 0.25) is 0 Å². The fraction of sp³-hybridized carbons (Fsp3) is 0.333. The van der Waals surface area contributed by atoms with Crippen molar-refractivity contribution in [2.45, 2.75) is 0 Å². The molecule has 0 unspecified atom stereocenters. The number of hydrogen-bond donors (Lipinski definition) is 1. The maximum Gasteiger partial charge on any atom is 0.266 e. The zero-order valence-electron chi connectivity index (χ0n) is 7.64. The van der Waals surface area contributed by atoms with Gasteiger partial charge in [-0.15, -0.1) is 0 Å². The van der Waals surface area contributed by atoms with Crippen molar-refractivity contribution >= 4 is 11.7 Å². The Hall–Kier alpha value is -1.62. The first-order valence-electron chi connectivity index (χ1n) is 4.41. The number of carbonyl (C=O) groups excluding carboxylic acids is 1. The number of hydrogen-bond acceptors (Lipinski definition) is 4. The van der Waals surface area contributed by atoms with Crippen molar-refractivity contribution in [1.82, 2.24) is 4.98 Å². The summed E-state index contributed by atoms with van der Waals surface area (Å²) in [6.07, 6.45) is 1.63. The quantitative estimate of drug-likeness (QED) is 0.704. The van der Waals surface area contributed by atoms with Gasteiger partial charge in [-0.1, -0.05) is 0 Å². The van der Waals surface area contributed by atoms with Crippen molar-refractivity contribution in [2.75, 3.05) is 24.6 Å².